The number of anilines is 1. The fraction of sp³-hybridized carbons (Fsp3) is 0.167. The molecule has 0 aliphatic heterocycles. The van der Waals surface area contributed by atoms with E-state index >= 15 is 0 Å². The number of rotatable bonds is 8. The molecule has 0 spiro atoms. The van der Waals surface area contributed by atoms with Gasteiger partial charge in [0.15, 0.2) is 6.61 Å². The van der Waals surface area contributed by atoms with Crippen molar-refractivity contribution < 1.29 is 19.1 Å². The number of amides is 2. The molecule has 0 aliphatic rings. The zero-order valence-electron chi connectivity index (χ0n) is 18.2. The molecule has 10 heteroatoms. The largest absolute Gasteiger partial charge is 0.451 e. The van der Waals surface area contributed by atoms with Gasteiger partial charge < -0.3 is 15.4 Å². The quantitative estimate of drug-likeness (QED) is 0.369. The highest BCUT2D eigenvalue weighted by Crippen LogP contribution is 2.31. The van der Waals surface area contributed by atoms with Gasteiger partial charge in [-0.25, -0.2) is 9.48 Å². The maximum atomic E-state index is 12.8. The van der Waals surface area contributed by atoms with Gasteiger partial charge in [0.1, 0.15) is 9.71 Å². The van der Waals surface area contributed by atoms with E-state index in [-0.39, 0.29) is 13.0 Å². The van der Waals surface area contributed by atoms with Crippen LogP contribution in [0.2, 0.25) is 5.02 Å². The molecule has 0 aliphatic carbocycles. The summed E-state index contributed by atoms with van der Waals surface area (Å²) in [6.07, 6.45) is -0.00856. The molecular weight excluding hydrogens is 476 g/mol. The summed E-state index contributed by atoms with van der Waals surface area (Å²) >= 11 is 7.21. The lowest BCUT2D eigenvalue weighted by atomic mass is 10.2. The van der Waals surface area contributed by atoms with Gasteiger partial charge in [-0.2, -0.15) is 5.10 Å². The first-order chi connectivity index (χ1) is 16.3. The smallest absolute Gasteiger partial charge is 0.348 e. The maximum Gasteiger partial charge on any atom is 0.348 e. The van der Waals surface area contributed by atoms with Crippen molar-refractivity contribution in [1.29, 1.82) is 0 Å². The van der Waals surface area contributed by atoms with Crippen molar-refractivity contribution in [3.8, 4) is 5.69 Å². The maximum absolute atomic E-state index is 12.8. The number of para-hydroxylation sites is 1. The lowest BCUT2D eigenvalue weighted by Crippen LogP contribution is -2.37. The molecular formula is C24H21ClN4O4S. The third-order valence-electron chi connectivity index (χ3n) is 5.09. The van der Waals surface area contributed by atoms with Gasteiger partial charge in [-0.1, -0.05) is 29.8 Å². The van der Waals surface area contributed by atoms with Crippen LogP contribution in [-0.4, -0.2) is 40.7 Å². The average Bonchev–Trinajstić information content (AvgIpc) is 3.39. The van der Waals surface area contributed by atoms with E-state index < -0.39 is 24.4 Å². The minimum atomic E-state index is -0.612. The first kappa shape index (κ1) is 23.5. The van der Waals surface area contributed by atoms with E-state index in [1.165, 1.54) is 16.2 Å². The molecule has 0 fully saturated rings. The standard InChI is InChI=1S/C24H21ClN4O4S/c1-15-19-13-20(34-23(19)29(27-15)18-9-7-16(25)8-10-18)24(32)33-14-22(31)28(12-11-21(26)30)17-5-3-2-4-6-17/h2-10,13H,11-12,14H2,1H3,(H2,26,30). The highest BCUT2D eigenvalue weighted by molar-refractivity contribution is 7.20. The summed E-state index contributed by atoms with van der Waals surface area (Å²) in [5.41, 5.74) is 7.41. The molecule has 174 valence electrons. The van der Waals surface area contributed by atoms with Crippen LogP contribution in [-0.2, 0) is 14.3 Å². The SMILES string of the molecule is Cc1nn(-c2ccc(Cl)cc2)c2sc(C(=O)OCC(=O)N(CCC(N)=O)c3ccccc3)cc12. The molecule has 0 atom stereocenters. The Bertz CT molecular complexity index is 1350. The van der Waals surface area contributed by atoms with Crippen LogP contribution in [0.25, 0.3) is 15.9 Å². The van der Waals surface area contributed by atoms with E-state index in [2.05, 4.69) is 5.10 Å². The van der Waals surface area contributed by atoms with Gasteiger partial charge in [0.25, 0.3) is 5.91 Å². The number of hydrogen-bond acceptors (Lipinski definition) is 6. The Labute approximate surface area is 204 Å². The summed E-state index contributed by atoms with van der Waals surface area (Å²) in [6.45, 7) is 1.48. The lowest BCUT2D eigenvalue weighted by molar-refractivity contribution is -0.121. The Morgan fingerprint density at radius 2 is 1.82 bits per heavy atom. The molecule has 2 N–H and O–H groups in total. The van der Waals surface area contributed by atoms with Gasteiger partial charge in [-0.05, 0) is 49.4 Å². The van der Waals surface area contributed by atoms with Crippen LogP contribution in [0.15, 0.2) is 60.7 Å². The predicted octanol–water partition coefficient (Wildman–Crippen LogP) is 4.11. The minimum Gasteiger partial charge on any atom is -0.451 e. The molecule has 4 rings (SSSR count). The lowest BCUT2D eigenvalue weighted by Gasteiger charge is -2.22. The minimum absolute atomic E-state index is 0.00856. The van der Waals surface area contributed by atoms with Crippen molar-refractivity contribution in [2.45, 2.75) is 13.3 Å². The summed E-state index contributed by atoms with van der Waals surface area (Å²) in [4.78, 5) is 39.3. The molecule has 8 nitrogen and oxygen atoms in total. The number of carbonyl (C=O) groups excluding carboxylic acids is 3. The predicted molar refractivity (Wildman–Crippen MR) is 132 cm³/mol. The van der Waals surface area contributed by atoms with Crippen LogP contribution in [0.5, 0.6) is 0 Å². The van der Waals surface area contributed by atoms with Crippen molar-refractivity contribution in [2.75, 3.05) is 18.1 Å². The van der Waals surface area contributed by atoms with Crippen LogP contribution in [0.1, 0.15) is 21.8 Å². The third kappa shape index (κ3) is 5.11. The van der Waals surface area contributed by atoms with Gasteiger partial charge in [0, 0.05) is 29.1 Å². The fourth-order valence-electron chi connectivity index (χ4n) is 3.41. The number of aryl methyl sites for hydroxylation is 1. The van der Waals surface area contributed by atoms with E-state index in [1.807, 2.05) is 25.1 Å². The molecule has 2 amide bonds. The molecule has 2 heterocycles. The van der Waals surface area contributed by atoms with Crippen molar-refractivity contribution in [1.82, 2.24) is 9.78 Å². The first-order valence-corrected chi connectivity index (χ1v) is 11.6. The van der Waals surface area contributed by atoms with E-state index in [0.717, 1.165) is 21.6 Å². The number of esters is 1. The van der Waals surface area contributed by atoms with Gasteiger partial charge in [0.2, 0.25) is 5.91 Å². The van der Waals surface area contributed by atoms with Crippen molar-refractivity contribution in [3.05, 3.63) is 76.3 Å². The summed E-state index contributed by atoms with van der Waals surface area (Å²) in [5, 5.41) is 5.99. The number of nitrogens with zero attached hydrogens (tertiary/aromatic N) is 3. The zero-order valence-corrected chi connectivity index (χ0v) is 19.8. The number of hydrogen-bond donors (Lipinski definition) is 1. The molecule has 0 saturated carbocycles. The average molecular weight is 497 g/mol. The summed E-state index contributed by atoms with van der Waals surface area (Å²) in [6, 6.07) is 17.8. The van der Waals surface area contributed by atoms with E-state index in [0.29, 0.717) is 15.6 Å². The van der Waals surface area contributed by atoms with Crippen molar-refractivity contribution in [3.63, 3.8) is 0 Å². The third-order valence-corrected chi connectivity index (χ3v) is 6.44. The Morgan fingerprint density at radius 3 is 2.50 bits per heavy atom. The normalized spacial score (nSPS) is 10.9. The van der Waals surface area contributed by atoms with Crippen LogP contribution in [0.3, 0.4) is 0 Å². The van der Waals surface area contributed by atoms with Crippen LogP contribution in [0.4, 0.5) is 5.69 Å². The summed E-state index contributed by atoms with van der Waals surface area (Å²) in [5.74, 6) is -1.59. The number of ether oxygens (including phenoxy) is 1. The molecule has 0 radical (unpaired) electrons. The Morgan fingerprint density at radius 1 is 1.12 bits per heavy atom. The second-order valence-corrected chi connectivity index (χ2v) is 8.94. The van der Waals surface area contributed by atoms with E-state index in [9.17, 15) is 14.4 Å². The zero-order chi connectivity index (χ0) is 24.2. The van der Waals surface area contributed by atoms with Gasteiger partial charge >= 0.3 is 5.97 Å². The number of carbonyl (C=O) groups is 3. The van der Waals surface area contributed by atoms with Gasteiger partial charge in [-0.3, -0.25) is 9.59 Å². The van der Waals surface area contributed by atoms with Crippen molar-refractivity contribution in [2.24, 2.45) is 5.73 Å². The highest BCUT2D eigenvalue weighted by Gasteiger charge is 2.21. The van der Waals surface area contributed by atoms with Gasteiger partial charge in [0.05, 0.1) is 11.4 Å². The molecule has 4 aromatic rings. The highest BCUT2D eigenvalue weighted by atomic mass is 35.5. The number of fused-ring (bicyclic) bond motifs is 1. The second-order valence-electron chi connectivity index (χ2n) is 7.48. The monoisotopic (exact) mass is 496 g/mol. The first-order valence-electron chi connectivity index (χ1n) is 10.4. The number of benzene rings is 2. The second kappa shape index (κ2) is 10.1. The molecule has 2 aromatic heterocycles. The molecule has 0 unspecified atom stereocenters. The fourth-order valence-corrected chi connectivity index (χ4v) is 4.61. The van der Waals surface area contributed by atoms with Crippen molar-refractivity contribution >= 4 is 56.6 Å². The summed E-state index contributed by atoms with van der Waals surface area (Å²) < 4.78 is 7.06. The number of primary amides is 1. The number of thiophene rings is 1. The molecule has 34 heavy (non-hydrogen) atoms. The van der Waals surface area contributed by atoms with E-state index in [1.54, 1.807) is 47.1 Å². The molecule has 0 saturated heterocycles. The van der Waals surface area contributed by atoms with Gasteiger partial charge in [-0.15, -0.1) is 11.3 Å². The Kier molecular flexibility index (Phi) is 6.95. The van der Waals surface area contributed by atoms with Crippen LogP contribution >= 0.6 is 22.9 Å². The molecule has 0 bridgehead atoms. The number of halogens is 1. The van der Waals surface area contributed by atoms with Crippen LogP contribution in [0, 0.1) is 6.92 Å². The van der Waals surface area contributed by atoms with Crippen LogP contribution < -0.4 is 10.6 Å². The topological polar surface area (TPSA) is 108 Å². The van der Waals surface area contributed by atoms with E-state index in [4.69, 9.17) is 22.1 Å². The number of aromatic nitrogens is 2. The molecule has 2 aromatic carbocycles. The Hall–Kier alpha value is -3.69. The Balaban J connectivity index is 1.50. The summed E-state index contributed by atoms with van der Waals surface area (Å²) in [7, 11) is 0. The number of nitrogens with two attached hydrogens (primary N) is 1.